The Morgan fingerprint density at radius 2 is 2.50 bits per heavy atom. The molecule has 0 aromatic carbocycles. The summed E-state index contributed by atoms with van der Waals surface area (Å²) >= 11 is 0. The highest BCUT2D eigenvalue weighted by Gasteiger charge is 2.27. The summed E-state index contributed by atoms with van der Waals surface area (Å²) in [5, 5.41) is 9.42. The van der Waals surface area contributed by atoms with Gasteiger partial charge in [0.25, 0.3) is 0 Å². The average molecular weight is 170 g/mol. The molecule has 12 heavy (non-hydrogen) atoms. The second-order valence-corrected chi connectivity index (χ2v) is 2.96. The topological polar surface area (TPSA) is 46.5 Å². The zero-order valence-corrected chi connectivity index (χ0v) is 7.41. The van der Waals surface area contributed by atoms with Crippen molar-refractivity contribution in [2.24, 2.45) is 0 Å². The molecule has 0 spiro atoms. The Bertz CT molecular complexity index is 204. The Hall–Kier alpha value is -0.670. The summed E-state index contributed by atoms with van der Waals surface area (Å²) in [4.78, 5) is 10.9. The van der Waals surface area contributed by atoms with E-state index in [9.17, 15) is 9.90 Å². The fourth-order valence-corrected chi connectivity index (χ4v) is 1.50. The average Bonchev–Trinajstić information content (AvgIpc) is 2.34. The molecule has 0 aromatic rings. The second kappa shape index (κ2) is 3.83. The summed E-state index contributed by atoms with van der Waals surface area (Å²) in [7, 11) is 1.59. The molecule has 0 heterocycles. The lowest BCUT2D eigenvalue weighted by atomic mass is 10.1. The van der Waals surface area contributed by atoms with Gasteiger partial charge in [-0.05, 0) is 18.1 Å². The molecule has 1 N–H and O–H groups in total. The number of ketones is 1. The van der Waals surface area contributed by atoms with Gasteiger partial charge in [-0.2, -0.15) is 0 Å². The van der Waals surface area contributed by atoms with Gasteiger partial charge in [-0.25, -0.2) is 0 Å². The minimum absolute atomic E-state index is 0.00648. The molecular weight excluding hydrogens is 156 g/mol. The van der Waals surface area contributed by atoms with Crippen LogP contribution in [-0.4, -0.2) is 30.2 Å². The molecule has 1 rings (SSSR count). The van der Waals surface area contributed by atoms with E-state index in [1.165, 1.54) is 6.08 Å². The standard InChI is InChI=1S/C9H14O3/c1-3-9(12-2)7-4-6(10)5-8(7)11/h4,8-9,11H,3,5H2,1-2H3/t8-,9-/m0/s1. The fraction of sp³-hybridized carbons (Fsp3) is 0.667. The molecule has 1 aliphatic carbocycles. The Kier molecular flexibility index (Phi) is 3.00. The Balaban J connectivity index is 2.72. The largest absolute Gasteiger partial charge is 0.388 e. The number of carbonyl (C=O) groups excluding carboxylic acids is 1. The van der Waals surface area contributed by atoms with Gasteiger partial charge in [0.2, 0.25) is 0 Å². The van der Waals surface area contributed by atoms with Gasteiger partial charge in [0, 0.05) is 13.5 Å². The quantitative estimate of drug-likeness (QED) is 0.677. The zero-order chi connectivity index (χ0) is 9.14. The molecule has 1 aliphatic rings. The van der Waals surface area contributed by atoms with Crippen LogP contribution in [0.5, 0.6) is 0 Å². The second-order valence-electron chi connectivity index (χ2n) is 2.96. The van der Waals surface area contributed by atoms with Gasteiger partial charge in [0.1, 0.15) is 0 Å². The van der Waals surface area contributed by atoms with E-state index >= 15 is 0 Å². The fourth-order valence-electron chi connectivity index (χ4n) is 1.50. The monoisotopic (exact) mass is 170 g/mol. The number of hydrogen-bond donors (Lipinski definition) is 1. The lowest BCUT2D eigenvalue weighted by Gasteiger charge is -2.17. The third kappa shape index (κ3) is 1.73. The molecule has 0 saturated heterocycles. The van der Waals surface area contributed by atoms with E-state index in [4.69, 9.17) is 4.74 Å². The maximum Gasteiger partial charge on any atom is 0.158 e. The SMILES string of the molecule is CC[C@H](OC)C1=CC(=O)C[C@@H]1O. The Morgan fingerprint density at radius 3 is 2.83 bits per heavy atom. The van der Waals surface area contributed by atoms with Crippen molar-refractivity contribution in [1.29, 1.82) is 0 Å². The number of aliphatic hydroxyl groups excluding tert-OH is 1. The lowest BCUT2D eigenvalue weighted by Crippen LogP contribution is -2.20. The third-order valence-corrected chi connectivity index (χ3v) is 2.13. The van der Waals surface area contributed by atoms with Crippen molar-refractivity contribution in [2.45, 2.75) is 32.0 Å². The van der Waals surface area contributed by atoms with E-state index in [1.807, 2.05) is 6.92 Å². The van der Waals surface area contributed by atoms with Gasteiger partial charge in [-0.15, -0.1) is 0 Å². The van der Waals surface area contributed by atoms with Gasteiger partial charge in [0.05, 0.1) is 12.2 Å². The van der Waals surface area contributed by atoms with E-state index in [-0.39, 0.29) is 18.3 Å². The van der Waals surface area contributed by atoms with Gasteiger partial charge in [0.15, 0.2) is 5.78 Å². The van der Waals surface area contributed by atoms with Crippen LogP contribution < -0.4 is 0 Å². The molecule has 0 saturated carbocycles. The normalized spacial score (nSPS) is 25.8. The maximum absolute atomic E-state index is 10.9. The number of carbonyl (C=O) groups is 1. The smallest absolute Gasteiger partial charge is 0.158 e. The van der Waals surface area contributed by atoms with Crippen molar-refractivity contribution in [1.82, 2.24) is 0 Å². The summed E-state index contributed by atoms with van der Waals surface area (Å²) < 4.78 is 5.12. The maximum atomic E-state index is 10.9. The van der Waals surface area contributed by atoms with E-state index in [0.717, 1.165) is 12.0 Å². The van der Waals surface area contributed by atoms with Crippen molar-refractivity contribution < 1.29 is 14.6 Å². The first-order valence-corrected chi connectivity index (χ1v) is 4.14. The Morgan fingerprint density at radius 1 is 1.83 bits per heavy atom. The minimum Gasteiger partial charge on any atom is -0.388 e. The number of allylic oxidation sites excluding steroid dienone is 1. The zero-order valence-electron chi connectivity index (χ0n) is 7.41. The highest BCUT2D eigenvalue weighted by molar-refractivity contribution is 5.94. The Labute approximate surface area is 72.0 Å². The van der Waals surface area contributed by atoms with Gasteiger partial charge in [-0.3, -0.25) is 4.79 Å². The van der Waals surface area contributed by atoms with E-state index in [0.29, 0.717) is 0 Å². The molecule has 0 aromatic heterocycles. The van der Waals surface area contributed by atoms with Crippen molar-refractivity contribution in [3.8, 4) is 0 Å². The van der Waals surface area contributed by atoms with Crippen LogP contribution in [0.15, 0.2) is 11.6 Å². The molecule has 0 unspecified atom stereocenters. The molecule has 3 nitrogen and oxygen atoms in total. The van der Waals surface area contributed by atoms with Crippen LogP contribution in [0.25, 0.3) is 0 Å². The van der Waals surface area contributed by atoms with Gasteiger partial charge in [-0.1, -0.05) is 6.92 Å². The van der Waals surface area contributed by atoms with Crippen LogP contribution in [0.3, 0.4) is 0 Å². The molecular formula is C9H14O3. The van der Waals surface area contributed by atoms with Crippen molar-refractivity contribution in [3.63, 3.8) is 0 Å². The minimum atomic E-state index is -0.623. The molecule has 3 heteroatoms. The predicted molar refractivity (Wildman–Crippen MR) is 44.8 cm³/mol. The lowest BCUT2D eigenvalue weighted by molar-refractivity contribution is -0.115. The highest BCUT2D eigenvalue weighted by Crippen LogP contribution is 2.22. The van der Waals surface area contributed by atoms with Crippen LogP contribution in [0.2, 0.25) is 0 Å². The summed E-state index contributed by atoms with van der Waals surface area (Å²) in [5.74, 6) is -0.00648. The summed E-state index contributed by atoms with van der Waals surface area (Å²) in [5.41, 5.74) is 0.727. The first-order valence-electron chi connectivity index (χ1n) is 4.14. The van der Waals surface area contributed by atoms with Crippen molar-refractivity contribution in [2.75, 3.05) is 7.11 Å². The molecule has 0 amide bonds. The van der Waals surface area contributed by atoms with Crippen molar-refractivity contribution in [3.05, 3.63) is 11.6 Å². The molecule has 0 aliphatic heterocycles. The summed E-state index contributed by atoms with van der Waals surface area (Å²) in [6.07, 6.45) is 1.78. The number of ether oxygens (including phenoxy) is 1. The van der Waals surface area contributed by atoms with Crippen LogP contribution in [0, 0.1) is 0 Å². The van der Waals surface area contributed by atoms with Crippen LogP contribution in [0.4, 0.5) is 0 Å². The predicted octanol–water partition coefficient (Wildman–Crippen LogP) is 0.671. The number of aliphatic hydroxyl groups is 1. The number of hydrogen-bond acceptors (Lipinski definition) is 3. The first kappa shape index (κ1) is 9.42. The molecule has 68 valence electrons. The summed E-state index contributed by atoms with van der Waals surface area (Å²) in [6.45, 7) is 1.96. The van der Waals surface area contributed by atoms with Gasteiger partial charge >= 0.3 is 0 Å². The third-order valence-electron chi connectivity index (χ3n) is 2.13. The molecule has 0 bridgehead atoms. The summed E-state index contributed by atoms with van der Waals surface area (Å²) in [6, 6.07) is 0. The van der Waals surface area contributed by atoms with Crippen LogP contribution >= 0.6 is 0 Å². The molecule has 0 fully saturated rings. The van der Waals surface area contributed by atoms with Gasteiger partial charge < -0.3 is 9.84 Å². The van der Waals surface area contributed by atoms with Crippen LogP contribution in [-0.2, 0) is 9.53 Å². The van der Waals surface area contributed by atoms with E-state index in [1.54, 1.807) is 7.11 Å². The first-order chi connectivity index (χ1) is 5.69. The molecule has 0 radical (unpaired) electrons. The van der Waals surface area contributed by atoms with Crippen molar-refractivity contribution >= 4 is 5.78 Å². The van der Waals surface area contributed by atoms with E-state index < -0.39 is 6.10 Å². The van der Waals surface area contributed by atoms with E-state index in [2.05, 4.69) is 0 Å². The molecule has 2 atom stereocenters. The number of methoxy groups -OCH3 is 1. The highest BCUT2D eigenvalue weighted by atomic mass is 16.5. The van der Waals surface area contributed by atoms with Crippen LogP contribution in [0.1, 0.15) is 19.8 Å². The number of rotatable bonds is 3.